The molecule has 4 rings (SSSR count). The second kappa shape index (κ2) is 7.27. The van der Waals surface area contributed by atoms with Crippen LogP contribution in [0.1, 0.15) is 63.3 Å². The van der Waals surface area contributed by atoms with E-state index in [0.717, 1.165) is 50.9 Å². The Labute approximate surface area is 168 Å². The fourth-order valence-corrected chi connectivity index (χ4v) is 3.57. The van der Waals surface area contributed by atoms with E-state index in [9.17, 15) is 8.78 Å². The fraction of sp³-hybridized carbons (Fsp3) is 0.550. The van der Waals surface area contributed by atoms with Crippen molar-refractivity contribution in [2.75, 3.05) is 5.32 Å². The summed E-state index contributed by atoms with van der Waals surface area (Å²) in [5.74, 6) is -1.10. The molecule has 2 aliphatic carbocycles. The molecule has 2 fully saturated rings. The van der Waals surface area contributed by atoms with Crippen LogP contribution in [0.5, 0.6) is 0 Å². The van der Waals surface area contributed by atoms with Crippen molar-refractivity contribution in [1.29, 1.82) is 0 Å². The lowest BCUT2D eigenvalue weighted by molar-refractivity contribution is 0.0124. The van der Waals surface area contributed by atoms with Gasteiger partial charge in [0.15, 0.2) is 11.7 Å². The van der Waals surface area contributed by atoms with Crippen molar-refractivity contribution in [2.45, 2.75) is 69.4 Å². The van der Waals surface area contributed by atoms with Gasteiger partial charge >= 0.3 is 0 Å². The van der Waals surface area contributed by atoms with E-state index >= 15 is 0 Å². The van der Waals surface area contributed by atoms with Gasteiger partial charge in [0, 0.05) is 30.1 Å². The molecule has 2 atom stereocenters. The van der Waals surface area contributed by atoms with Crippen LogP contribution >= 0.6 is 0 Å². The first kappa shape index (κ1) is 19.6. The van der Waals surface area contributed by atoms with Crippen LogP contribution < -0.4 is 10.6 Å². The minimum absolute atomic E-state index is 0.135. The topological polar surface area (TPSA) is 87.8 Å². The first-order valence-corrected chi connectivity index (χ1v) is 9.87. The van der Waals surface area contributed by atoms with Gasteiger partial charge in [-0.3, -0.25) is 5.10 Å². The number of nitrogens with one attached hydrogen (secondary N) is 3. The van der Waals surface area contributed by atoms with Gasteiger partial charge in [0.25, 0.3) is 5.92 Å². The molecule has 0 aliphatic heterocycles. The molecule has 0 unspecified atom stereocenters. The highest BCUT2D eigenvalue weighted by Crippen LogP contribution is 2.38. The average Bonchev–Trinajstić information content (AvgIpc) is 3.04. The van der Waals surface area contributed by atoms with E-state index in [1.54, 1.807) is 0 Å². The average molecular weight is 404 g/mol. The number of H-pyrrole nitrogens is 1. The Kier molecular flexibility index (Phi) is 4.92. The quantitative estimate of drug-likeness (QED) is 0.568. The number of alkyl halides is 2. The standard InChI is InChI=1S/C20H26F2N6O/c1-12(26-19(2)6-7-19)29-14-5-4-13(8-14)15-9-17(28-27-15)25-18-11-23-16(10-24-18)20(3,21)22/h9-11,13-14,26H,1,4-8H2,2-3H3,(H2,24,25,27,28)/t13-,14+/m0/s1. The maximum Gasteiger partial charge on any atom is 0.288 e. The van der Waals surface area contributed by atoms with Crippen molar-refractivity contribution in [3.8, 4) is 0 Å². The zero-order valence-corrected chi connectivity index (χ0v) is 16.6. The van der Waals surface area contributed by atoms with E-state index < -0.39 is 5.92 Å². The van der Waals surface area contributed by atoms with Crippen molar-refractivity contribution in [2.24, 2.45) is 0 Å². The predicted molar refractivity (Wildman–Crippen MR) is 105 cm³/mol. The van der Waals surface area contributed by atoms with Gasteiger partial charge in [-0.15, -0.1) is 0 Å². The number of aromatic nitrogens is 4. The first-order valence-electron chi connectivity index (χ1n) is 9.87. The summed E-state index contributed by atoms with van der Waals surface area (Å²) in [5.41, 5.74) is 0.804. The van der Waals surface area contributed by atoms with Crippen LogP contribution in [0.15, 0.2) is 30.9 Å². The van der Waals surface area contributed by atoms with E-state index in [1.807, 2.05) is 6.07 Å². The second-order valence-electron chi connectivity index (χ2n) is 8.37. The molecule has 2 aromatic rings. The summed E-state index contributed by atoms with van der Waals surface area (Å²) in [6, 6.07) is 1.91. The van der Waals surface area contributed by atoms with Gasteiger partial charge in [-0.1, -0.05) is 0 Å². The van der Waals surface area contributed by atoms with E-state index in [0.29, 0.717) is 23.4 Å². The van der Waals surface area contributed by atoms with Crippen LogP contribution in [0.4, 0.5) is 20.4 Å². The Morgan fingerprint density at radius 1 is 1.28 bits per heavy atom. The first-order chi connectivity index (χ1) is 13.7. The summed E-state index contributed by atoms with van der Waals surface area (Å²) in [6.45, 7) is 6.95. The number of anilines is 2. The van der Waals surface area contributed by atoms with Gasteiger partial charge < -0.3 is 15.4 Å². The van der Waals surface area contributed by atoms with Gasteiger partial charge in [-0.2, -0.15) is 13.9 Å². The Balaban J connectivity index is 1.30. The monoisotopic (exact) mass is 404 g/mol. The smallest absolute Gasteiger partial charge is 0.288 e. The molecule has 2 aliphatic rings. The molecule has 0 amide bonds. The van der Waals surface area contributed by atoms with E-state index in [-0.39, 0.29) is 17.3 Å². The highest BCUT2D eigenvalue weighted by atomic mass is 19.3. The van der Waals surface area contributed by atoms with Gasteiger partial charge in [-0.25, -0.2) is 9.97 Å². The van der Waals surface area contributed by atoms with Crippen molar-refractivity contribution in [3.63, 3.8) is 0 Å². The van der Waals surface area contributed by atoms with Crippen LogP contribution in [0.25, 0.3) is 0 Å². The summed E-state index contributed by atoms with van der Waals surface area (Å²) in [4.78, 5) is 7.74. The third-order valence-corrected chi connectivity index (χ3v) is 5.53. The maximum absolute atomic E-state index is 13.2. The summed E-state index contributed by atoms with van der Waals surface area (Å²) >= 11 is 0. The highest BCUT2D eigenvalue weighted by molar-refractivity contribution is 5.50. The van der Waals surface area contributed by atoms with E-state index in [1.165, 1.54) is 6.20 Å². The predicted octanol–water partition coefficient (Wildman–Crippen LogP) is 4.32. The van der Waals surface area contributed by atoms with Gasteiger partial charge in [0.1, 0.15) is 17.6 Å². The Hall–Kier alpha value is -2.71. The SMILES string of the molecule is C=C(NC1(C)CC1)O[C@@H]1CC[C@H](c2cc(Nc3cnc(C(C)(F)F)cn3)n[nH]2)C1. The molecule has 2 heterocycles. The van der Waals surface area contributed by atoms with Gasteiger partial charge in [-0.05, 0) is 45.6 Å². The minimum atomic E-state index is -3.01. The molecular formula is C20H26F2N6O. The summed E-state index contributed by atoms with van der Waals surface area (Å²) in [6.07, 6.45) is 7.63. The Morgan fingerprint density at radius 3 is 2.72 bits per heavy atom. The molecule has 2 aromatic heterocycles. The summed E-state index contributed by atoms with van der Waals surface area (Å²) in [7, 11) is 0. The Bertz CT molecular complexity index is 872. The molecule has 0 radical (unpaired) electrons. The maximum atomic E-state index is 13.2. The zero-order chi connectivity index (χ0) is 20.6. The lowest BCUT2D eigenvalue weighted by Gasteiger charge is -2.20. The molecule has 156 valence electrons. The fourth-order valence-electron chi connectivity index (χ4n) is 3.57. The van der Waals surface area contributed by atoms with Crippen LogP contribution in [-0.4, -0.2) is 31.8 Å². The number of hydrogen-bond donors (Lipinski definition) is 3. The van der Waals surface area contributed by atoms with Crippen LogP contribution in [-0.2, 0) is 10.7 Å². The lowest BCUT2D eigenvalue weighted by Crippen LogP contribution is -2.29. The highest BCUT2D eigenvalue weighted by Gasteiger charge is 2.38. The summed E-state index contributed by atoms with van der Waals surface area (Å²) in [5, 5.41) is 13.6. The van der Waals surface area contributed by atoms with Crippen molar-refractivity contribution < 1.29 is 13.5 Å². The van der Waals surface area contributed by atoms with Crippen LogP contribution in [0.3, 0.4) is 0 Å². The van der Waals surface area contributed by atoms with E-state index in [2.05, 4.69) is 44.3 Å². The molecular weight excluding hydrogens is 378 g/mol. The number of nitrogens with zero attached hydrogens (tertiary/aromatic N) is 3. The number of hydrogen-bond acceptors (Lipinski definition) is 6. The van der Waals surface area contributed by atoms with E-state index in [4.69, 9.17) is 4.74 Å². The van der Waals surface area contributed by atoms with Gasteiger partial charge in [0.05, 0.1) is 12.4 Å². The number of halogens is 2. The normalized spacial score (nSPS) is 22.9. The lowest BCUT2D eigenvalue weighted by atomic mass is 10.0. The largest absolute Gasteiger partial charge is 0.476 e. The number of ether oxygens (including phenoxy) is 1. The molecule has 0 spiro atoms. The molecule has 7 nitrogen and oxygen atoms in total. The molecule has 3 N–H and O–H groups in total. The Morgan fingerprint density at radius 2 is 2.07 bits per heavy atom. The molecule has 0 saturated heterocycles. The van der Waals surface area contributed by atoms with Crippen LogP contribution in [0, 0.1) is 0 Å². The second-order valence-corrected chi connectivity index (χ2v) is 8.37. The van der Waals surface area contributed by atoms with Crippen molar-refractivity contribution >= 4 is 11.6 Å². The van der Waals surface area contributed by atoms with Crippen molar-refractivity contribution in [3.05, 3.63) is 42.3 Å². The van der Waals surface area contributed by atoms with Crippen LogP contribution in [0.2, 0.25) is 0 Å². The molecule has 0 aromatic carbocycles. The summed E-state index contributed by atoms with van der Waals surface area (Å²) < 4.78 is 32.4. The molecule has 0 bridgehead atoms. The molecule has 9 heteroatoms. The van der Waals surface area contributed by atoms with Crippen molar-refractivity contribution in [1.82, 2.24) is 25.5 Å². The number of rotatable bonds is 8. The minimum Gasteiger partial charge on any atom is -0.476 e. The number of aromatic amines is 1. The van der Waals surface area contributed by atoms with Gasteiger partial charge in [0.2, 0.25) is 0 Å². The molecule has 2 saturated carbocycles. The third-order valence-electron chi connectivity index (χ3n) is 5.53. The third kappa shape index (κ3) is 4.83. The zero-order valence-electron chi connectivity index (χ0n) is 16.6. The molecule has 29 heavy (non-hydrogen) atoms.